The van der Waals surface area contributed by atoms with Crippen LogP contribution >= 0.6 is 0 Å². The third kappa shape index (κ3) is 5.70. The number of hydrogen-bond donors (Lipinski definition) is 2. The van der Waals surface area contributed by atoms with Crippen LogP contribution in [0.2, 0.25) is 0 Å². The standard InChI is InChI=1S/C18H23FN4O2/c1-12(11-23-14(3)7-13(2)22-23)9-20-17(24)10-21-18(25)15-5-4-6-16(19)8-15/h4-8,12H,9-11H2,1-3H3,(H,20,24)(H,21,25). The fraction of sp³-hybridized carbons (Fsp3) is 0.389. The highest BCUT2D eigenvalue weighted by molar-refractivity contribution is 5.96. The van der Waals surface area contributed by atoms with Gasteiger partial charge >= 0.3 is 0 Å². The zero-order valence-electron chi connectivity index (χ0n) is 14.7. The zero-order valence-corrected chi connectivity index (χ0v) is 14.7. The summed E-state index contributed by atoms with van der Waals surface area (Å²) in [6, 6.07) is 7.34. The monoisotopic (exact) mass is 346 g/mol. The van der Waals surface area contributed by atoms with Gasteiger partial charge in [0.05, 0.1) is 12.2 Å². The number of nitrogens with one attached hydrogen (secondary N) is 2. The van der Waals surface area contributed by atoms with Crippen molar-refractivity contribution in [2.75, 3.05) is 13.1 Å². The van der Waals surface area contributed by atoms with Crippen molar-refractivity contribution >= 4 is 11.8 Å². The number of halogens is 1. The number of nitrogens with zero attached hydrogens (tertiary/aromatic N) is 2. The Kier molecular flexibility index (Phi) is 6.27. The first-order valence-corrected chi connectivity index (χ1v) is 8.16. The maximum Gasteiger partial charge on any atom is 0.251 e. The van der Waals surface area contributed by atoms with E-state index in [0.717, 1.165) is 17.5 Å². The average molecular weight is 346 g/mol. The van der Waals surface area contributed by atoms with Crippen LogP contribution in [0, 0.1) is 25.6 Å². The van der Waals surface area contributed by atoms with Crippen molar-refractivity contribution in [1.29, 1.82) is 0 Å². The predicted molar refractivity (Wildman–Crippen MR) is 92.6 cm³/mol. The molecule has 1 heterocycles. The number of benzene rings is 1. The molecule has 0 fully saturated rings. The Balaban J connectivity index is 1.73. The molecule has 134 valence electrons. The molecular formula is C18H23FN4O2. The number of hydrogen-bond acceptors (Lipinski definition) is 3. The number of aryl methyl sites for hydroxylation is 2. The number of rotatable bonds is 7. The summed E-state index contributed by atoms with van der Waals surface area (Å²) in [4.78, 5) is 23.7. The van der Waals surface area contributed by atoms with Crippen molar-refractivity contribution in [3.8, 4) is 0 Å². The lowest BCUT2D eigenvalue weighted by molar-refractivity contribution is -0.120. The van der Waals surface area contributed by atoms with Crippen molar-refractivity contribution < 1.29 is 14.0 Å². The Morgan fingerprint density at radius 2 is 2.00 bits per heavy atom. The van der Waals surface area contributed by atoms with Crippen LogP contribution in [-0.2, 0) is 11.3 Å². The van der Waals surface area contributed by atoms with Crippen molar-refractivity contribution in [1.82, 2.24) is 20.4 Å². The Morgan fingerprint density at radius 3 is 2.64 bits per heavy atom. The summed E-state index contributed by atoms with van der Waals surface area (Å²) in [5.41, 5.74) is 2.23. The van der Waals surface area contributed by atoms with Gasteiger partial charge in [0, 0.05) is 24.3 Å². The van der Waals surface area contributed by atoms with Crippen molar-refractivity contribution in [3.63, 3.8) is 0 Å². The molecule has 2 N–H and O–H groups in total. The van der Waals surface area contributed by atoms with Gasteiger partial charge in [-0.15, -0.1) is 0 Å². The summed E-state index contributed by atoms with van der Waals surface area (Å²) in [7, 11) is 0. The first-order valence-electron chi connectivity index (χ1n) is 8.16. The van der Waals surface area contributed by atoms with E-state index in [9.17, 15) is 14.0 Å². The highest BCUT2D eigenvalue weighted by atomic mass is 19.1. The maximum atomic E-state index is 13.1. The van der Waals surface area contributed by atoms with Crippen LogP contribution < -0.4 is 10.6 Å². The molecule has 0 saturated carbocycles. The van der Waals surface area contributed by atoms with Gasteiger partial charge in [0.25, 0.3) is 5.91 Å². The van der Waals surface area contributed by atoms with E-state index in [1.54, 1.807) is 0 Å². The van der Waals surface area contributed by atoms with E-state index >= 15 is 0 Å². The van der Waals surface area contributed by atoms with Crippen LogP contribution in [0.4, 0.5) is 4.39 Å². The minimum atomic E-state index is -0.491. The van der Waals surface area contributed by atoms with E-state index in [2.05, 4.69) is 15.7 Å². The highest BCUT2D eigenvalue weighted by Gasteiger charge is 2.11. The minimum absolute atomic E-state index is 0.151. The van der Waals surface area contributed by atoms with E-state index in [1.165, 1.54) is 18.2 Å². The van der Waals surface area contributed by atoms with Gasteiger partial charge in [-0.25, -0.2) is 4.39 Å². The lowest BCUT2D eigenvalue weighted by atomic mass is 10.2. The second-order valence-electron chi connectivity index (χ2n) is 6.21. The fourth-order valence-electron chi connectivity index (χ4n) is 2.46. The molecule has 0 aliphatic carbocycles. The molecule has 6 nitrogen and oxygen atoms in total. The fourth-order valence-corrected chi connectivity index (χ4v) is 2.46. The van der Waals surface area contributed by atoms with Crippen LogP contribution in [0.25, 0.3) is 0 Å². The molecule has 1 aromatic carbocycles. The van der Waals surface area contributed by atoms with Gasteiger partial charge in [-0.2, -0.15) is 5.10 Å². The van der Waals surface area contributed by atoms with E-state index in [1.807, 2.05) is 31.5 Å². The molecule has 2 aromatic rings. The molecule has 0 saturated heterocycles. The summed E-state index contributed by atoms with van der Waals surface area (Å²) >= 11 is 0. The number of amides is 2. The number of carbonyl (C=O) groups excluding carboxylic acids is 2. The smallest absolute Gasteiger partial charge is 0.251 e. The van der Waals surface area contributed by atoms with Crippen LogP contribution in [0.1, 0.15) is 28.7 Å². The predicted octanol–water partition coefficient (Wildman–Crippen LogP) is 1.82. The van der Waals surface area contributed by atoms with Crippen molar-refractivity contribution in [2.45, 2.75) is 27.3 Å². The molecule has 1 atom stereocenters. The Labute approximate surface area is 146 Å². The van der Waals surface area contributed by atoms with Crippen molar-refractivity contribution in [2.24, 2.45) is 5.92 Å². The van der Waals surface area contributed by atoms with Crippen molar-refractivity contribution in [3.05, 3.63) is 53.1 Å². The number of carbonyl (C=O) groups is 2. The average Bonchev–Trinajstić information content (AvgIpc) is 2.88. The Hall–Kier alpha value is -2.70. The summed E-state index contributed by atoms with van der Waals surface area (Å²) in [6.45, 7) is 6.98. The summed E-state index contributed by atoms with van der Waals surface area (Å²) in [6.07, 6.45) is 0. The highest BCUT2D eigenvalue weighted by Crippen LogP contribution is 2.06. The molecule has 2 rings (SSSR count). The third-order valence-corrected chi connectivity index (χ3v) is 3.73. The quantitative estimate of drug-likeness (QED) is 0.803. The summed E-state index contributed by atoms with van der Waals surface area (Å²) < 4.78 is 15.0. The third-order valence-electron chi connectivity index (χ3n) is 3.73. The molecule has 25 heavy (non-hydrogen) atoms. The van der Waals surface area contributed by atoms with E-state index in [0.29, 0.717) is 13.1 Å². The second kappa shape index (κ2) is 8.41. The lowest BCUT2D eigenvalue weighted by Crippen LogP contribution is -2.39. The topological polar surface area (TPSA) is 76.0 Å². The first-order chi connectivity index (χ1) is 11.8. The van der Waals surface area contributed by atoms with Crippen LogP contribution in [0.5, 0.6) is 0 Å². The molecule has 1 aromatic heterocycles. The van der Waals surface area contributed by atoms with E-state index in [-0.39, 0.29) is 23.9 Å². The molecule has 0 bridgehead atoms. The van der Waals surface area contributed by atoms with Gasteiger partial charge in [0.2, 0.25) is 5.91 Å². The van der Waals surface area contributed by atoms with Crippen LogP contribution in [0.3, 0.4) is 0 Å². The lowest BCUT2D eigenvalue weighted by Gasteiger charge is -2.14. The van der Waals surface area contributed by atoms with Gasteiger partial charge in [-0.05, 0) is 44.0 Å². The molecule has 1 unspecified atom stereocenters. The van der Waals surface area contributed by atoms with Gasteiger partial charge in [-0.1, -0.05) is 13.0 Å². The molecule has 0 aliphatic heterocycles. The van der Waals surface area contributed by atoms with Gasteiger partial charge in [0.1, 0.15) is 5.82 Å². The summed E-state index contributed by atoms with van der Waals surface area (Å²) in [5.74, 6) is -1.06. The Bertz CT molecular complexity index is 757. The van der Waals surface area contributed by atoms with Gasteiger partial charge < -0.3 is 10.6 Å². The molecular weight excluding hydrogens is 323 g/mol. The number of aromatic nitrogens is 2. The molecule has 0 spiro atoms. The maximum absolute atomic E-state index is 13.1. The van der Waals surface area contributed by atoms with Crippen LogP contribution in [0.15, 0.2) is 30.3 Å². The molecule has 2 amide bonds. The molecule has 0 aliphatic rings. The van der Waals surface area contributed by atoms with Gasteiger partial charge in [-0.3, -0.25) is 14.3 Å². The normalized spacial score (nSPS) is 11.8. The van der Waals surface area contributed by atoms with E-state index < -0.39 is 11.7 Å². The summed E-state index contributed by atoms with van der Waals surface area (Å²) in [5, 5.41) is 9.65. The van der Waals surface area contributed by atoms with E-state index in [4.69, 9.17) is 0 Å². The first kappa shape index (κ1) is 18.6. The zero-order chi connectivity index (χ0) is 18.4. The van der Waals surface area contributed by atoms with Gasteiger partial charge in [0.15, 0.2) is 0 Å². The Morgan fingerprint density at radius 1 is 1.24 bits per heavy atom. The second-order valence-corrected chi connectivity index (χ2v) is 6.21. The molecule has 0 radical (unpaired) electrons. The minimum Gasteiger partial charge on any atom is -0.354 e. The molecule has 7 heteroatoms. The SMILES string of the molecule is Cc1cc(C)n(CC(C)CNC(=O)CNC(=O)c2cccc(F)c2)n1. The van der Waals surface area contributed by atoms with Crippen LogP contribution in [-0.4, -0.2) is 34.7 Å². The largest absolute Gasteiger partial charge is 0.354 e.